The Balaban J connectivity index is 3.03. The monoisotopic (exact) mass is 305 g/mol. The van der Waals surface area contributed by atoms with Crippen molar-refractivity contribution in [1.82, 2.24) is 4.90 Å². The summed E-state index contributed by atoms with van der Waals surface area (Å²) >= 11 is 5.01. The van der Waals surface area contributed by atoms with E-state index in [0.717, 1.165) is 8.66 Å². The Kier molecular flexibility index (Phi) is 4.95. The third-order valence-electron chi connectivity index (χ3n) is 2.58. The first kappa shape index (κ1) is 13.7. The van der Waals surface area contributed by atoms with E-state index in [0.29, 0.717) is 6.42 Å². The SMILES string of the molecule is CCC(C(=O)O)C(c1ccc(Br)s1)N(C)C. The fraction of sp³-hybridized carbons (Fsp3) is 0.545. The van der Waals surface area contributed by atoms with E-state index in [4.69, 9.17) is 0 Å². The smallest absolute Gasteiger partial charge is 0.308 e. The van der Waals surface area contributed by atoms with Crippen LogP contribution in [0.2, 0.25) is 0 Å². The Hall–Kier alpha value is -0.390. The van der Waals surface area contributed by atoms with E-state index in [-0.39, 0.29) is 12.0 Å². The number of nitrogens with zero attached hydrogens (tertiary/aromatic N) is 1. The molecule has 0 bridgehead atoms. The van der Waals surface area contributed by atoms with Crippen molar-refractivity contribution in [3.05, 3.63) is 20.8 Å². The lowest BCUT2D eigenvalue weighted by atomic mass is 9.95. The highest BCUT2D eigenvalue weighted by molar-refractivity contribution is 9.11. The highest BCUT2D eigenvalue weighted by Gasteiger charge is 2.30. The summed E-state index contributed by atoms with van der Waals surface area (Å²) in [5.74, 6) is -1.09. The fourth-order valence-corrected chi connectivity index (χ4v) is 3.52. The molecule has 0 aliphatic rings. The van der Waals surface area contributed by atoms with Crippen molar-refractivity contribution in [3.8, 4) is 0 Å². The van der Waals surface area contributed by atoms with Gasteiger partial charge in [0.25, 0.3) is 0 Å². The third kappa shape index (κ3) is 3.06. The Morgan fingerprint density at radius 2 is 2.19 bits per heavy atom. The van der Waals surface area contributed by atoms with E-state index in [1.165, 1.54) is 0 Å². The molecule has 0 aromatic carbocycles. The molecule has 0 fully saturated rings. The molecule has 0 spiro atoms. The number of rotatable bonds is 5. The predicted octanol–water partition coefficient (Wildman–Crippen LogP) is 3.22. The lowest BCUT2D eigenvalue weighted by Gasteiger charge is -2.28. The van der Waals surface area contributed by atoms with Gasteiger partial charge in [-0.2, -0.15) is 0 Å². The van der Waals surface area contributed by atoms with Gasteiger partial charge in [0.2, 0.25) is 0 Å². The van der Waals surface area contributed by atoms with Gasteiger partial charge in [-0.15, -0.1) is 11.3 Å². The van der Waals surface area contributed by atoms with Crippen LogP contribution in [0.5, 0.6) is 0 Å². The summed E-state index contributed by atoms with van der Waals surface area (Å²) < 4.78 is 1.04. The maximum absolute atomic E-state index is 11.2. The highest BCUT2D eigenvalue weighted by Crippen LogP contribution is 2.35. The number of aliphatic carboxylic acids is 1. The van der Waals surface area contributed by atoms with Crippen molar-refractivity contribution in [1.29, 1.82) is 0 Å². The maximum atomic E-state index is 11.2. The van der Waals surface area contributed by atoms with Crippen LogP contribution < -0.4 is 0 Å². The Morgan fingerprint density at radius 3 is 2.50 bits per heavy atom. The van der Waals surface area contributed by atoms with Crippen LogP contribution in [0.1, 0.15) is 24.3 Å². The van der Waals surface area contributed by atoms with Crippen LogP contribution in [-0.2, 0) is 4.79 Å². The molecule has 0 radical (unpaired) electrons. The molecule has 0 aliphatic carbocycles. The topological polar surface area (TPSA) is 40.5 Å². The molecular formula is C11H16BrNO2S. The second-order valence-corrected chi connectivity index (χ2v) is 6.40. The van der Waals surface area contributed by atoms with Crippen LogP contribution in [0.25, 0.3) is 0 Å². The zero-order valence-electron chi connectivity index (χ0n) is 9.61. The normalized spacial score (nSPS) is 15.1. The van der Waals surface area contributed by atoms with Crippen LogP contribution >= 0.6 is 27.3 Å². The summed E-state index contributed by atoms with van der Waals surface area (Å²) in [4.78, 5) is 14.3. The first-order chi connectivity index (χ1) is 7.47. The molecule has 16 heavy (non-hydrogen) atoms. The number of carbonyl (C=O) groups is 1. The molecule has 1 aromatic heterocycles. The van der Waals surface area contributed by atoms with Crippen LogP contribution in [0, 0.1) is 5.92 Å². The van der Waals surface area contributed by atoms with Crippen molar-refractivity contribution in [2.45, 2.75) is 19.4 Å². The van der Waals surface area contributed by atoms with Gasteiger partial charge in [-0.1, -0.05) is 6.92 Å². The molecule has 1 aromatic rings. The molecule has 0 saturated carbocycles. The summed E-state index contributed by atoms with van der Waals surface area (Å²) in [7, 11) is 3.84. The van der Waals surface area contributed by atoms with Crippen LogP contribution in [0.4, 0.5) is 0 Å². The van der Waals surface area contributed by atoms with Gasteiger partial charge in [0.05, 0.1) is 15.7 Å². The zero-order chi connectivity index (χ0) is 12.3. The van der Waals surface area contributed by atoms with Crippen LogP contribution in [0.15, 0.2) is 15.9 Å². The second kappa shape index (κ2) is 5.80. The molecule has 1 N–H and O–H groups in total. The summed E-state index contributed by atoms with van der Waals surface area (Å²) in [5, 5.41) is 9.23. The predicted molar refractivity (Wildman–Crippen MR) is 69.9 cm³/mol. The van der Waals surface area contributed by atoms with Gasteiger partial charge in [0.1, 0.15) is 0 Å². The third-order valence-corrected chi connectivity index (χ3v) is 4.27. The molecular weight excluding hydrogens is 290 g/mol. The molecule has 2 unspecified atom stereocenters. The van der Waals surface area contributed by atoms with E-state index < -0.39 is 5.97 Å². The van der Waals surface area contributed by atoms with E-state index in [2.05, 4.69) is 15.9 Å². The summed E-state index contributed by atoms with van der Waals surface area (Å²) in [6, 6.07) is 3.90. The second-order valence-electron chi connectivity index (χ2n) is 3.90. The Labute approximate surface area is 108 Å². The average Bonchev–Trinajstić information content (AvgIpc) is 2.59. The standard InChI is InChI=1S/C11H16BrNO2S/c1-4-7(11(14)15)10(13(2)3)8-5-6-9(12)16-8/h5-7,10H,4H2,1-3H3,(H,14,15). The van der Waals surface area contributed by atoms with Crippen molar-refractivity contribution in [2.75, 3.05) is 14.1 Å². The quantitative estimate of drug-likeness (QED) is 0.908. The van der Waals surface area contributed by atoms with Crippen LogP contribution in [-0.4, -0.2) is 30.1 Å². The number of hydrogen-bond donors (Lipinski definition) is 1. The van der Waals surface area contributed by atoms with E-state index in [1.807, 2.05) is 38.1 Å². The number of hydrogen-bond acceptors (Lipinski definition) is 3. The van der Waals surface area contributed by atoms with E-state index >= 15 is 0 Å². The minimum absolute atomic E-state index is 0.0567. The minimum Gasteiger partial charge on any atom is -0.481 e. The van der Waals surface area contributed by atoms with Crippen LogP contribution in [0.3, 0.4) is 0 Å². The number of carboxylic acid groups (broad SMARTS) is 1. The lowest BCUT2D eigenvalue weighted by Crippen LogP contribution is -2.31. The van der Waals surface area contributed by atoms with Crippen molar-refractivity contribution in [3.63, 3.8) is 0 Å². The van der Waals surface area contributed by atoms with Gasteiger partial charge in [0, 0.05) is 4.88 Å². The molecule has 5 heteroatoms. The van der Waals surface area contributed by atoms with E-state index in [1.54, 1.807) is 11.3 Å². The molecule has 0 saturated heterocycles. The van der Waals surface area contributed by atoms with Crippen molar-refractivity contribution in [2.24, 2.45) is 5.92 Å². The summed E-state index contributed by atoms with van der Waals surface area (Å²) in [6.45, 7) is 1.91. The number of carboxylic acids is 1. The molecule has 1 heterocycles. The van der Waals surface area contributed by atoms with Crippen molar-refractivity contribution < 1.29 is 9.90 Å². The highest BCUT2D eigenvalue weighted by atomic mass is 79.9. The average molecular weight is 306 g/mol. The molecule has 0 amide bonds. The van der Waals surface area contributed by atoms with E-state index in [9.17, 15) is 9.90 Å². The fourth-order valence-electron chi connectivity index (χ4n) is 1.83. The molecule has 0 aliphatic heterocycles. The van der Waals surface area contributed by atoms with Gasteiger partial charge < -0.3 is 10.0 Å². The zero-order valence-corrected chi connectivity index (χ0v) is 12.0. The number of thiophene rings is 1. The van der Waals surface area contributed by atoms with Crippen molar-refractivity contribution >= 4 is 33.2 Å². The summed E-state index contributed by atoms with van der Waals surface area (Å²) in [6.07, 6.45) is 0.633. The Bertz CT molecular complexity index is 365. The summed E-state index contributed by atoms with van der Waals surface area (Å²) in [5.41, 5.74) is 0. The van der Waals surface area contributed by atoms with Gasteiger partial charge >= 0.3 is 5.97 Å². The first-order valence-electron chi connectivity index (χ1n) is 5.11. The van der Waals surface area contributed by atoms with Gasteiger partial charge in [-0.25, -0.2) is 0 Å². The van der Waals surface area contributed by atoms with Gasteiger partial charge in [-0.3, -0.25) is 4.79 Å². The van der Waals surface area contributed by atoms with Gasteiger partial charge in [-0.05, 0) is 48.6 Å². The number of halogens is 1. The molecule has 3 nitrogen and oxygen atoms in total. The Morgan fingerprint density at radius 1 is 1.56 bits per heavy atom. The minimum atomic E-state index is -0.731. The molecule has 90 valence electrons. The molecule has 2 atom stereocenters. The maximum Gasteiger partial charge on any atom is 0.308 e. The molecule has 1 rings (SSSR count). The lowest BCUT2D eigenvalue weighted by molar-refractivity contribution is -0.144. The largest absolute Gasteiger partial charge is 0.481 e. The first-order valence-corrected chi connectivity index (χ1v) is 6.72. The van der Waals surface area contributed by atoms with Gasteiger partial charge in [0.15, 0.2) is 0 Å².